The third kappa shape index (κ3) is 2.50. The van der Waals surface area contributed by atoms with E-state index in [1.807, 2.05) is 6.07 Å². The van der Waals surface area contributed by atoms with Crippen LogP contribution in [0.2, 0.25) is 0 Å². The van der Waals surface area contributed by atoms with Crippen LogP contribution in [-0.4, -0.2) is 21.0 Å². The maximum absolute atomic E-state index is 11.0. The minimum Gasteiger partial charge on any atom is -0.478 e. The molecule has 0 aliphatic heterocycles. The summed E-state index contributed by atoms with van der Waals surface area (Å²) in [5.74, 6) is -1.02. The molecule has 0 radical (unpaired) electrons. The molecule has 0 spiro atoms. The normalized spacial score (nSPS) is 9.68. The molecule has 6 heteroatoms. The zero-order valence-corrected chi connectivity index (χ0v) is 9.99. The van der Waals surface area contributed by atoms with E-state index in [2.05, 4.69) is 9.97 Å². The van der Waals surface area contributed by atoms with E-state index < -0.39 is 5.97 Å². The Morgan fingerprint density at radius 3 is 2.89 bits per heavy atom. The molecule has 2 aromatic rings. The van der Waals surface area contributed by atoms with E-state index in [1.54, 1.807) is 13.0 Å². The van der Waals surface area contributed by atoms with Gasteiger partial charge in [-0.1, -0.05) is 0 Å². The van der Waals surface area contributed by atoms with Crippen molar-refractivity contribution in [3.8, 4) is 17.7 Å². The summed E-state index contributed by atoms with van der Waals surface area (Å²) in [6.07, 6.45) is 4.11. The average molecular weight is 255 g/mol. The van der Waals surface area contributed by atoms with Crippen molar-refractivity contribution in [3.05, 3.63) is 47.4 Å². The molecule has 0 unspecified atom stereocenters. The van der Waals surface area contributed by atoms with Gasteiger partial charge >= 0.3 is 5.97 Å². The fraction of sp³-hybridized carbons (Fsp3) is 0.0769. The molecule has 2 rings (SSSR count). The predicted octanol–water partition coefficient (Wildman–Crippen LogP) is 2.15. The highest BCUT2D eigenvalue weighted by Crippen LogP contribution is 2.26. The van der Waals surface area contributed by atoms with Gasteiger partial charge in [0.2, 0.25) is 5.88 Å². The van der Waals surface area contributed by atoms with Crippen LogP contribution in [0, 0.1) is 18.3 Å². The van der Waals surface area contributed by atoms with Crippen LogP contribution in [0.15, 0.2) is 30.7 Å². The number of hydrogen-bond donors (Lipinski definition) is 1. The van der Waals surface area contributed by atoms with E-state index >= 15 is 0 Å². The first-order chi connectivity index (χ1) is 9.13. The van der Waals surface area contributed by atoms with Crippen molar-refractivity contribution in [2.75, 3.05) is 0 Å². The number of carboxylic acid groups (broad SMARTS) is 1. The zero-order valence-electron chi connectivity index (χ0n) is 9.99. The van der Waals surface area contributed by atoms with Crippen molar-refractivity contribution in [3.63, 3.8) is 0 Å². The minimum atomic E-state index is -1.14. The van der Waals surface area contributed by atoms with E-state index in [9.17, 15) is 4.79 Å². The summed E-state index contributed by atoms with van der Waals surface area (Å²) in [6, 6.07) is 4.97. The van der Waals surface area contributed by atoms with Gasteiger partial charge in [-0.2, -0.15) is 5.26 Å². The van der Waals surface area contributed by atoms with Gasteiger partial charge in [0.25, 0.3) is 0 Å². The molecule has 0 saturated heterocycles. The molecule has 6 nitrogen and oxygen atoms in total. The van der Waals surface area contributed by atoms with Crippen LogP contribution in [-0.2, 0) is 0 Å². The Morgan fingerprint density at radius 1 is 1.42 bits per heavy atom. The third-order valence-corrected chi connectivity index (χ3v) is 2.46. The first kappa shape index (κ1) is 12.5. The van der Waals surface area contributed by atoms with Gasteiger partial charge in [0, 0.05) is 12.4 Å². The van der Waals surface area contributed by atoms with Gasteiger partial charge in [0.1, 0.15) is 17.2 Å². The molecule has 0 saturated carbocycles. The number of hydrogen-bond acceptors (Lipinski definition) is 5. The molecule has 2 aromatic heterocycles. The number of aromatic nitrogens is 2. The molecule has 94 valence electrons. The van der Waals surface area contributed by atoms with Gasteiger partial charge in [-0.15, -0.1) is 0 Å². The van der Waals surface area contributed by atoms with Gasteiger partial charge in [0.05, 0.1) is 6.20 Å². The molecular weight excluding hydrogens is 246 g/mol. The summed E-state index contributed by atoms with van der Waals surface area (Å²) in [5, 5.41) is 18.1. The minimum absolute atomic E-state index is 0.0396. The topological polar surface area (TPSA) is 96.1 Å². The van der Waals surface area contributed by atoms with Gasteiger partial charge in [-0.25, -0.2) is 9.78 Å². The van der Waals surface area contributed by atoms with Gasteiger partial charge < -0.3 is 9.84 Å². The lowest BCUT2D eigenvalue weighted by atomic mass is 10.2. The van der Waals surface area contributed by atoms with Crippen LogP contribution < -0.4 is 4.74 Å². The van der Waals surface area contributed by atoms with Gasteiger partial charge in [-0.05, 0) is 24.6 Å². The zero-order chi connectivity index (χ0) is 13.8. The Kier molecular flexibility index (Phi) is 3.39. The number of ether oxygens (including phenoxy) is 1. The summed E-state index contributed by atoms with van der Waals surface area (Å²) in [7, 11) is 0. The first-order valence-electron chi connectivity index (χ1n) is 5.34. The van der Waals surface area contributed by atoms with E-state index in [0.717, 1.165) is 0 Å². The maximum Gasteiger partial charge on any atom is 0.339 e. The molecule has 0 fully saturated rings. The SMILES string of the molecule is Cc1ccnc(Oc2cnccc2C(=O)O)c1C#N. The number of rotatable bonds is 3. The van der Waals surface area contributed by atoms with Crippen molar-refractivity contribution in [1.29, 1.82) is 5.26 Å². The molecule has 2 heterocycles. The highest BCUT2D eigenvalue weighted by Gasteiger charge is 2.15. The summed E-state index contributed by atoms with van der Waals surface area (Å²) in [6.45, 7) is 1.74. The Labute approximate surface area is 108 Å². The second-order valence-electron chi connectivity index (χ2n) is 3.70. The number of nitrogens with zero attached hydrogens (tertiary/aromatic N) is 3. The monoisotopic (exact) mass is 255 g/mol. The van der Waals surface area contributed by atoms with Crippen LogP contribution in [0.3, 0.4) is 0 Å². The largest absolute Gasteiger partial charge is 0.478 e. The van der Waals surface area contributed by atoms with E-state index in [-0.39, 0.29) is 22.8 Å². The molecule has 0 amide bonds. The Balaban J connectivity index is 2.46. The number of pyridine rings is 2. The number of carbonyl (C=O) groups is 1. The molecule has 19 heavy (non-hydrogen) atoms. The predicted molar refractivity (Wildman–Crippen MR) is 65.0 cm³/mol. The quantitative estimate of drug-likeness (QED) is 0.902. The maximum atomic E-state index is 11.0. The Hall–Kier alpha value is -2.94. The van der Waals surface area contributed by atoms with Crippen molar-refractivity contribution in [2.45, 2.75) is 6.92 Å². The molecule has 1 N–H and O–H groups in total. The molecule has 0 aliphatic rings. The molecule has 0 aromatic carbocycles. The average Bonchev–Trinajstić information content (AvgIpc) is 2.39. The van der Waals surface area contributed by atoms with Crippen molar-refractivity contribution in [1.82, 2.24) is 9.97 Å². The summed E-state index contributed by atoms with van der Waals surface area (Å²) in [4.78, 5) is 18.8. The second-order valence-corrected chi connectivity index (χ2v) is 3.70. The number of aryl methyl sites for hydroxylation is 1. The fourth-order valence-electron chi connectivity index (χ4n) is 1.49. The van der Waals surface area contributed by atoms with Crippen LogP contribution >= 0.6 is 0 Å². The van der Waals surface area contributed by atoms with Gasteiger partial charge in [-0.3, -0.25) is 4.98 Å². The smallest absolute Gasteiger partial charge is 0.339 e. The lowest BCUT2D eigenvalue weighted by Gasteiger charge is -2.09. The number of carboxylic acids is 1. The third-order valence-electron chi connectivity index (χ3n) is 2.46. The van der Waals surface area contributed by atoms with Crippen LogP contribution in [0.25, 0.3) is 0 Å². The summed E-state index contributed by atoms with van der Waals surface area (Å²) < 4.78 is 5.40. The highest BCUT2D eigenvalue weighted by molar-refractivity contribution is 5.90. The fourth-order valence-corrected chi connectivity index (χ4v) is 1.49. The second kappa shape index (κ2) is 5.14. The lowest BCUT2D eigenvalue weighted by molar-refractivity contribution is 0.0694. The Bertz CT molecular complexity index is 677. The molecular formula is C13H9N3O3. The lowest BCUT2D eigenvalue weighted by Crippen LogP contribution is -2.02. The summed E-state index contributed by atoms with van der Waals surface area (Å²) >= 11 is 0. The molecule has 0 bridgehead atoms. The van der Waals surface area contributed by atoms with E-state index in [0.29, 0.717) is 5.56 Å². The number of aromatic carboxylic acids is 1. The molecule has 0 aliphatic carbocycles. The number of nitriles is 1. The Morgan fingerprint density at radius 2 is 2.21 bits per heavy atom. The van der Waals surface area contributed by atoms with Crippen molar-refractivity contribution in [2.24, 2.45) is 0 Å². The van der Waals surface area contributed by atoms with Crippen LogP contribution in [0.4, 0.5) is 0 Å². The van der Waals surface area contributed by atoms with E-state index in [1.165, 1.54) is 24.7 Å². The first-order valence-corrected chi connectivity index (χ1v) is 5.34. The van der Waals surface area contributed by atoms with Crippen molar-refractivity contribution >= 4 is 5.97 Å². The summed E-state index contributed by atoms with van der Waals surface area (Å²) in [5.41, 5.74) is 0.929. The van der Waals surface area contributed by atoms with Crippen LogP contribution in [0.1, 0.15) is 21.5 Å². The van der Waals surface area contributed by atoms with Crippen LogP contribution in [0.5, 0.6) is 11.6 Å². The standard InChI is InChI=1S/C13H9N3O3/c1-8-2-5-16-12(10(8)6-14)19-11-7-15-4-3-9(11)13(17)18/h2-5,7H,1H3,(H,17,18). The van der Waals surface area contributed by atoms with Crippen molar-refractivity contribution < 1.29 is 14.6 Å². The highest BCUT2D eigenvalue weighted by atomic mass is 16.5. The van der Waals surface area contributed by atoms with Gasteiger partial charge in [0.15, 0.2) is 5.75 Å². The van der Waals surface area contributed by atoms with E-state index in [4.69, 9.17) is 15.1 Å². The molecule has 0 atom stereocenters.